The van der Waals surface area contributed by atoms with E-state index in [1.54, 1.807) is 18.2 Å². The van der Waals surface area contributed by atoms with Crippen molar-refractivity contribution in [1.29, 1.82) is 0 Å². The first-order chi connectivity index (χ1) is 10.8. The number of nitrogens with two attached hydrogens (primary N) is 1. The number of halogens is 3. The lowest BCUT2D eigenvalue weighted by molar-refractivity contribution is -0.141. The van der Waals surface area contributed by atoms with Crippen LogP contribution in [-0.4, -0.2) is 19.6 Å². The van der Waals surface area contributed by atoms with Crippen LogP contribution in [0.2, 0.25) is 0 Å². The Morgan fingerprint density at radius 1 is 1.13 bits per heavy atom. The Morgan fingerprint density at radius 2 is 1.78 bits per heavy atom. The first-order valence-corrected chi connectivity index (χ1v) is 6.34. The van der Waals surface area contributed by atoms with Gasteiger partial charge in [-0.1, -0.05) is 18.2 Å². The minimum absolute atomic E-state index is 0.221. The van der Waals surface area contributed by atoms with Crippen molar-refractivity contribution in [2.75, 3.05) is 5.73 Å². The van der Waals surface area contributed by atoms with Gasteiger partial charge in [0.2, 0.25) is 0 Å². The number of rotatable bonds is 1. The molecule has 0 atom stereocenters. The summed E-state index contributed by atoms with van der Waals surface area (Å²) in [5.74, 6) is -1.15. The molecule has 0 fully saturated rings. The summed E-state index contributed by atoms with van der Waals surface area (Å²) in [7, 11) is 0. The number of fused-ring (bicyclic) bond motifs is 1. The van der Waals surface area contributed by atoms with Crippen LogP contribution in [0, 0.1) is 0 Å². The Morgan fingerprint density at radius 3 is 2.39 bits per heavy atom. The number of aromatic hydroxyl groups is 1. The number of benzene rings is 1. The summed E-state index contributed by atoms with van der Waals surface area (Å²) in [5.41, 5.74) is 3.16. The van der Waals surface area contributed by atoms with Gasteiger partial charge in [-0.3, -0.25) is 0 Å². The molecule has 0 saturated heterocycles. The average molecular weight is 322 g/mol. The summed E-state index contributed by atoms with van der Waals surface area (Å²) in [6.45, 7) is 0. The molecule has 0 aliphatic rings. The van der Waals surface area contributed by atoms with E-state index in [0.717, 1.165) is 4.57 Å². The number of anilines is 1. The molecule has 2 heterocycles. The fraction of sp³-hybridized carbons (Fsp3) is 0.0714. The lowest BCUT2D eigenvalue weighted by Crippen LogP contribution is -2.24. The highest BCUT2D eigenvalue weighted by Gasteiger charge is 2.34. The van der Waals surface area contributed by atoms with Crippen LogP contribution in [0.25, 0.3) is 16.7 Å². The largest absolute Gasteiger partial charge is 0.507 e. The Labute approximate surface area is 126 Å². The molecule has 3 aromatic rings. The molecule has 23 heavy (non-hydrogen) atoms. The molecule has 0 aliphatic heterocycles. The van der Waals surface area contributed by atoms with Crippen molar-refractivity contribution in [2.24, 2.45) is 0 Å². The molecule has 0 aliphatic carbocycles. The molecule has 0 unspecified atom stereocenters. The molecular formula is C14H9F3N4O2. The molecule has 118 valence electrons. The minimum atomic E-state index is -4.79. The third kappa shape index (κ3) is 2.45. The maximum atomic E-state index is 12.9. The lowest BCUT2D eigenvalue weighted by Gasteiger charge is -2.13. The van der Waals surface area contributed by atoms with Gasteiger partial charge in [-0.15, -0.1) is 0 Å². The SMILES string of the molecule is Nc1nc(=O)n(-c2ccccc2)c2nc(C(F)(F)F)cc(O)c12. The van der Waals surface area contributed by atoms with Crippen molar-refractivity contribution >= 4 is 16.9 Å². The Bertz CT molecular complexity index is 952. The maximum absolute atomic E-state index is 12.9. The van der Waals surface area contributed by atoms with Gasteiger partial charge in [0.25, 0.3) is 0 Å². The van der Waals surface area contributed by atoms with Gasteiger partial charge in [0.15, 0.2) is 11.3 Å². The van der Waals surface area contributed by atoms with Crippen LogP contribution >= 0.6 is 0 Å². The molecule has 6 nitrogen and oxygen atoms in total. The second kappa shape index (κ2) is 4.97. The second-order valence-corrected chi connectivity index (χ2v) is 4.67. The van der Waals surface area contributed by atoms with E-state index in [2.05, 4.69) is 9.97 Å². The van der Waals surface area contributed by atoms with Crippen molar-refractivity contribution in [3.63, 3.8) is 0 Å². The van der Waals surface area contributed by atoms with Crippen molar-refractivity contribution in [3.8, 4) is 11.4 Å². The lowest BCUT2D eigenvalue weighted by atomic mass is 10.2. The third-order valence-electron chi connectivity index (χ3n) is 3.16. The van der Waals surface area contributed by atoms with Gasteiger partial charge < -0.3 is 10.8 Å². The predicted molar refractivity (Wildman–Crippen MR) is 76.2 cm³/mol. The standard InChI is InChI=1S/C14H9F3N4O2/c15-14(16,17)9-6-8(22)10-11(18)20-13(23)21(12(10)19-9)7-4-2-1-3-5-7/h1-6H,(H,19,22)(H2,18,20,23). The van der Waals surface area contributed by atoms with Gasteiger partial charge in [-0.2, -0.15) is 18.2 Å². The fourth-order valence-corrected chi connectivity index (χ4v) is 2.18. The first kappa shape index (κ1) is 14.8. The number of hydrogen-bond acceptors (Lipinski definition) is 5. The predicted octanol–water partition coefficient (Wildman–Crippen LogP) is 2.09. The summed E-state index contributed by atoms with van der Waals surface area (Å²) >= 11 is 0. The number of hydrogen-bond donors (Lipinski definition) is 2. The van der Waals surface area contributed by atoms with Crippen LogP contribution < -0.4 is 11.4 Å². The highest BCUT2D eigenvalue weighted by atomic mass is 19.4. The molecule has 1 aromatic carbocycles. The van der Waals surface area contributed by atoms with Crippen molar-refractivity contribution < 1.29 is 18.3 Å². The molecule has 2 aromatic heterocycles. The molecule has 9 heteroatoms. The monoisotopic (exact) mass is 322 g/mol. The Kier molecular flexibility index (Phi) is 3.20. The molecule has 0 spiro atoms. The molecule has 0 radical (unpaired) electrons. The zero-order valence-corrected chi connectivity index (χ0v) is 11.4. The quantitative estimate of drug-likeness (QED) is 0.715. The van der Waals surface area contributed by atoms with E-state index in [-0.39, 0.29) is 11.1 Å². The third-order valence-corrected chi connectivity index (χ3v) is 3.16. The molecule has 3 N–H and O–H groups in total. The smallest absolute Gasteiger partial charge is 0.433 e. The van der Waals surface area contributed by atoms with Gasteiger partial charge in [0, 0.05) is 6.07 Å². The van der Waals surface area contributed by atoms with Crippen LogP contribution in [0.15, 0.2) is 41.2 Å². The normalized spacial score (nSPS) is 11.8. The summed E-state index contributed by atoms with van der Waals surface area (Å²) in [4.78, 5) is 19.1. The number of para-hydroxylation sites is 1. The molecular weight excluding hydrogens is 313 g/mol. The summed E-state index contributed by atoms with van der Waals surface area (Å²) in [5, 5.41) is 9.66. The summed E-state index contributed by atoms with van der Waals surface area (Å²) in [6, 6.07) is 8.30. The molecule has 0 saturated carbocycles. The number of nitrogens with zero attached hydrogens (tertiary/aromatic N) is 3. The maximum Gasteiger partial charge on any atom is 0.433 e. The van der Waals surface area contributed by atoms with E-state index in [1.807, 2.05) is 0 Å². The van der Waals surface area contributed by atoms with E-state index < -0.39 is 34.8 Å². The van der Waals surface area contributed by atoms with Crippen LogP contribution in [0.5, 0.6) is 5.75 Å². The zero-order valence-electron chi connectivity index (χ0n) is 11.4. The van der Waals surface area contributed by atoms with Crippen molar-refractivity contribution in [1.82, 2.24) is 14.5 Å². The van der Waals surface area contributed by atoms with E-state index >= 15 is 0 Å². The second-order valence-electron chi connectivity index (χ2n) is 4.67. The Balaban J connectivity index is 2.49. The van der Waals surface area contributed by atoms with Crippen LogP contribution in [0.4, 0.5) is 19.0 Å². The van der Waals surface area contributed by atoms with Crippen LogP contribution in [0.3, 0.4) is 0 Å². The summed E-state index contributed by atoms with van der Waals surface area (Å²) < 4.78 is 39.6. The van der Waals surface area contributed by atoms with Gasteiger partial charge >= 0.3 is 11.9 Å². The average Bonchev–Trinajstić information content (AvgIpc) is 2.46. The molecule has 3 rings (SSSR count). The van der Waals surface area contributed by atoms with Gasteiger partial charge in [0.05, 0.1) is 5.69 Å². The van der Waals surface area contributed by atoms with E-state index in [0.29, 0.717) is 6.07 Å². The number of aromatic nitrogens is 3. The van der Waals surface area contributed by atoms with Crippen LogP contribution in [-0.2, 0) is 6.18 Å². The fourth-order valence-electron chi connectivity index (χ4n) is 2.18. The van der Waals surface area contributed by atoms with E-state index in [9.17, 15) is 23.1 Å². The number of nitrogen functional groups attached to an aromatic ring is 1. The molecule has 0 amide bonds. The summed E-state index contributed by atoms with van der Waals surface area (Å²) in [6.07, 6.45) is -4.79. The Hall–Kier alpha value is -3.10. The highest BCUT2D eigenvalue weighted by molar-refractivity contribution is 5.92. The van der Waals surface area contributed by atoms with Crippen molar-refractivity contribution in [2.45, 2.75) is 6.18 Å². The number of pyridine rings is 1. The van der Waals surface area contributed by atoms with Crippen molar-refractivity contribution in [3.05, 3.63) is 52.6 Å². The van der Waals surface area contributed by atoms with Gasteiger partial charge in [0.1, 0.15) is 17.0 Å². The van der Waals surface area contributed by atoms with Gasteiger partial charge in [-0.05, 0) is 12.1 Å². The highest BCUT2D eigenvalue weighted by Crippen LogP contribution is 2.35. The molecule has 0 bridgehead atoms. The first-order valence-electron chi connectivity index (χ1n) is 6.34. The zero-order chi connectivity index (χ0) is 16.8. The number of alkyl halides is 3. The topological polar surface area (TPSA) is 94.0 Å². The van der Waals surface area contributed by atoms with E-state index in [1.165, 1.54) is 12.1 Å². The van der Waals surface area contributed by atoms with Gasteiger partial charge in [-0.25, -0.2) is 14.3 Å². The van der Waals surface area contributed by atoms with E-state index in [4.69, 9.17) is 5.73 Å². The van der Waals surface area contributed by atoms with Crippen LogP contribution in [0.1, 0.15) is 5.69 Å². The minimum Gasteiger partial charge on any atom is -0.507 e.